The lowest BCUT2D eigenvalue weighted by atomic mass is 9.78. The molecule has 1 N–H and O–H groups in total. The number of rotatable bonds is 6. The van der Waals surface area contributed by atoms with Crippen LogP contribution in [-0.2, 0) is 16.0 Å². The normalized spacial score (nSPS) is 22.1. The van der Waals surface area contributed by atoms with Crippen molar-refractivity contribution in [1.29, 1.82) is 0 Å². The molecule has 0 bridgehead atoms. The smallest absolute Gasteiger partial charge is 0.313 e. The quantitative estimate of drug-likeness (QED) is 0.573. The number of hydrogen-bond acceptors (Lipinski definition) is 3. The molecule has 3 unspecified atom stereocenters. The van der Waals surface area contributed by atoms with Gasteiger partial charge in [-0.05, 0) is 75.5 Å². The zero-order chi connectivity index (χ0) is 19.5. The van der Waals surface area contributed by atoms with Crippen LogP contribution in [0.4, 0.5) is 0 Å². The molecule has 0 aromatic heterocycles. The number of esters is 1. The van der Waals surface area contributed by atoms with Gasteiger partial charge in [0.2, 0.25) is 0 Å². The van der Waals surface area contributed by atoms with Crippen molar-refractivity contribution in [3.63, 3.8) is 0 Å². The van der Waals surface area contributed by atoms with Crippen LogP contribution >= 0.6 is 0 Å². The molecule has 1 aliphatic rings. The van der Waals surface area contributed by atoms with Crippen molar-refractivity contribution in [3.8, 4) is 0 Å². The molecule has 26 heavy (non-hydrogen) atoms. The Bertz CT molecular complexity index is 634. The molecule has 1 aromatic carbocycles. The van der Waals surface area contributed by atoms with Gasteiger partial charge in [-0.1, -0.05) is 44.2 Å². The van der Waals surface area contributed by atoms with E-state index < -0.39 is 5.60 Å². The molecule has 1 aromatic rings. The molecule has 1 aliphatic carbocycles. The Labute approximate surface area is 158 Å². The molecule has 3 nitrogen and oxygen atoms in total. The van der Waals surface area contributed by atoms with Gasteiger partial charge in [0, 0.05) is 0 Å². The number of carbonyl (C=O) groups excluding carboxylic acids is 1. The SMILES string of the molecule is CC1=CCC(C(C)(C)O)CC1OC(=O)C(C)c1ccc(CC(C)C)cc1. The summed E-state index contributed by atoms with van der Waals surface area (Å²) in [7, 11) is 0. The van der Waals surface area contributed by atoms with Crippen LogP contribution in [0.3, 0.4) is 0 Å². The maximum atomic E-state index is 12.7. The van der Waals surface area contributed by atoms with E-state index in [1.165, 1.54) is 5.56 Å². The summed E-state index contributed by atoms with van der Waals surface area (Å²) in [6.45, 7) is 12.0. The van der Waals surface area contributed by atoms with Crippen LogP contribution in [0.15, 0.2) is 35.9 Å². The molecule has 2 rings (SSSR count). The van der Waals surface area contributed by atoms with E-state index in [9.17, 15) is 9.90 Å². The zero-order valence-corrected chi connectivity index (χ0v) is 17.1. The fraction of sp³-hybridized carbons (Fsp3) is 0.609. The van der Waals surface area contributed by atoms with Gasteiger partial charge < -0.3 is 9.84 Å². The van der Waals surface area contributed by atoms with E-state index in [0.29, 0.717) is 12.3 Å². The van der Waals surface area contributed by atoms with Crippen LogP contribution in [0.5, 0.6) is 0 Å². The number of aliphatic hydroxyl groups is 1. The summed E-state index contributed by atoms with van der Waals surface area (Å²) >= 11 is 0. The molecule has 0 amide bonds. The molecule has 3 atom stereocenters. The Hall–Kier alpha value is -1.61. The predicted octanol–water partition coefficient (Wildman–Crippen LogP) is 5.03. The highest BCUT2D eigenvalue weighted by Crippen LogP contribution is 2.34. The van der Waals surface area contributed by atoms with E-state index >= 15 is 0 Å². The first-order chi connectivity index (χ1) is 12.1. The summed E-state index contributed by atoms with van der Waals surface area (Å²) in [5.74, 6) is 0.233. The summed E-state index contributed by atoms with van der Waals surface area (Å²) in [4.78, 5) is 12.7. The van der Waals surface area contributed by atoms with Crippen molar-refractivity contribution >= 4 is 5.97 Å². The lowest BCUT2D eigenvalue weighted by molar-refractivity contribution is -0.151. The van der Waals surface area contributed by atoms with Gasteiger partial charge >= 0.3 is 5.97 Å². The van der Waals surface area contributed by atoms with Gasteiger partial charge in [-0.25, -0.2) is 0 Å². The molecule has 0 saturated carbocycles. The molecule has 0 heterocycles. The summed E-state index contributed by atoms with van der Waals surface area (Å²) in [6, 6.07) is 8.28. The lowest BCUT2D eigenvalue weighted by Crippen LogP contribution is -2.37. The molecule has 0 fully saturated rings. The van der Waals surface area contributed by atoms with E-state index in [0.717, 1.165) is 24.0 Å². The molecule has 0 radical (unpaired) electrons. The maximum absolute atomic E-state index is 12.7. The van der Waals surface area contributed by atoms with Crippen LogP contribution in [0.1, 0.15) is 71.4 Å². The van der Waals surface area contributed by atoms with Crippen molar-refractivity contribution in [2.45, 2.75) is 78.4 Å². The van der Waals surface area contributed by atoms with Gasteiger partial charge in [-0.2, -0.15) is 0 Å². The molecule has 0 saturated heterocycles. The highest BCUT2D eigenvalue weighted by molar-refractivity contribution is 5.78. The van der Waals surface area contributed by atoms with Crippen molar-refractivity contribution in [3.05, 3.63) is 47.0 Å². The first-order valence-electron chi connectivity index (χ1n) is 9.76. The van der Waals surface area contributed by atoms with Gasteiger partial charge in [0.15, 0.2) is 0 Å². The zero-order valence-electron chi connectivity index (χ0n) is 17.1. The predicted molar refractivity (Wildman–Crippen MR) is 106 cm³/mol. The summed E-state index contributed by atoms with van der Waals surface area (Å²) in [5.41, 5.74) is 2.60. The second kappa shape index (κ2) is 8.39. The number of benzene rings is 1. The van der Waals surface area contributed by atoms with Crippen molar-refractivity contribution in [1.82, 2.24) is 0 Å². The van der Waals surface area contributed by atoms with E-state index in [4.69, 9.17) is 4.74 Å². The van der Waals surface area contributed by atoms with Gasteiger partial charge in [0.05, 0.1) is 11.5 Å². The monoisotopic (exact) mass is 358 g/mol. The van der Waals surface area contributed by atoms with E-state index in [2.05, 4.69) is 32.1 Å². The highest BCUT2D eigenvalue weighted by Gasteiger charge is 2.34. The first kappa shape index (κ1) is 20.7. The Morgan fingerprint density at radius 1 is 1.23 bits per heavy atom. The third-order valence-electron chi connectivity index (χ3n) is 5.47. The van der Waals surface area contributed by atoms with Crippen LogP contribution < -0.4 is 0 Å². The van der Waals surface area contributed by atoms with Gasteiger partial charge in [-0.3, -0.25) is 4.79 Å². The minimum Gasteiger partial charge on any atom is -0.457 e. The minimum absolute atomic E-state index is 0.106. The molecular formula is C23H34O3. The van der Waals surface area contributed by atoms with Crippen molar-refractivity contribution < 1.29 is 14.6 Å². The Kier molecular flexibility index (Phi) is 6.68. The average molecular weight is 359 g/mol. The Balaban J connectivity index is 2.02. The van der Waals surface area contributed by atoms with E-state index in [1.807, 2.05) is 39.8 Å². The summed E-state index contributed by atoms with van der Waals surface area (Å²) in [6.07, 6.45) is 4.41. The highest BCUT2D eigenvalue weighted by atomic mass is 16.5. The molecule has 0 aliphatic heterocycles. The number of carbonyl (C=O) groups is 1. The number of ether oxygens (including phenoxy) is 1. The van der Waals surface area contributed by atoms with Crippen molar-refractivity contribution in [2.24, 2.45) is 11.8 Å². The summed E-state index contributed by atoms with van der Waals surface area (Å²) in [5, 5.41) is 10.3. The van der Waals surface area contributed by atoms with Crippen LogP contribution in [0.2, 0.25) is 0 Å². The van der Waals surface area contributed by atoms with E-state index in [-0.39, 0.29) is 23.9 Å². The summed E-state index contributed by atoms with van der Waals surface area (Å²) < 4.78 is 5.82. The largest absolute Gasteiger partial charge is 0.457 e. The van der Waals surface area contributed by atoms with Crippen LogP contribution in [0.25, 0.3) is 0 Å². The van der Waals surface area contributed by atoms with Crippen molar-refractivity contribution in [2.75, 3.05) is 0 Å². The minimum atomic E-state index is -0.764. The van der Waals surface area contributed by atoms with Gasteiger partial charge in [-0.15, -0.1) is 0 Å². The standard InChI is InChI=1S/C23H34O3/c1-15(2)13-18-8-10-19(11-9-18)17(4)22(24)26-21-14-20(23(5,6)25)12-7-16(21)3/h7-11,15,17,20-21,25H,12-14H2,1-6H3. The fourth-order valence-electron chi connectivity index (χ4n) is 3.51. The lowest BCUT2D eigenvalue weighted by Gasteiger charge is -2.35. The molecule has 3 heteroatoms. The number of hydrogen-bond donors (Lipinski definition) is 1. The Morgan fingerprint density at radius 3 is 2.38 bits per heavy atom. The third-order valence-corrected chi connectivity index (χ3v) is 5.47. The van der Waals surface area contributed by atoms with Gasteiger partial charge in [0.1, 0.15) is 6.10 Å². The molecule has 144 valence electrons. The number of allylic oxidation sites excluding steroid dienone is 1. The molecule has 0 spiro atoms. The van der Waals surface area contributed by atoms with E-state index in [1.54, 1.807) is 0 Å². The second-order valence-electron chi connectivity index (χ2n) is 8.76. The molecular weight excluding hydrogens is 324 g/mol. The third kappa shape index (κ3) is 5.44. The Morgan fingerprint density at radius 2 is 1.85 bits per heavy atom. The average Bonchev–Trinajstić information content (AvgIpc) is 2.55. The maximum Gasteiger partial charge on any atom is 0.313 e. The van der Waals surface area contributed by atoms with Crippen LogP contribution in [0, 0.1) is 11.8 Å². The van der Waals surface area contributed by atoms with Crippen LogP contribution in [-0.4, -0.2) is 22.8 Å². The topological polar surface area (TPSA) is 46.5 Å². The fourth-order valence-corrected chi connectivity index (χ4v) is 3.51. The second-order valence-corrected chi connectivity index (χ2v) is 8.76. The first-order valence-corrected chi connectivity index (χ1v) is 9.76. The van der Waals surface area contributed by atoms with Gasteiger partial charge in [0.25, 0.3) is 0 Å².